The molecule has 4 aromatic rings. The van der Waals surface area contributed by atoms with Crippen molar-refractivity contribution in [1.29, 1.82) is 5.26 Å². The van der Waals surface area contributed by atoms with Crippen molar-refractivity contribution < 1.29 is 19.0 Å². The molecular weight excluding hydrogens is 452 g/mol. The Kier molecular flexibility index (Phi) is 7.84. The van der Waals surface area contributed by atoms with Gasteiger partial charge in [-0.2, -0.15) is 5.26 Å². The van der Waals surface area contributed by atoms with Gasteiger partial charge in [-0.1, -0.05) is 54.6 Å². The lowest BCUT2D eigenvalue weighted by molar-refractivity contribution is -0.112. The Hall–Kier alpha value is -4.76. The number of benzene rings is 4. The van der Waals surface area contributed by atoms with Crippen LogP contribution in [0.1, 0.15) is 18.1 Å². The zero-order valence-corrected chi connectivity index (χ0v) is 20.2. The standard InChI is InChI=1S/C30H26N2O4/c1-3-35-26-12-7-11-25(18-26)32-30(33)24(19-31)16-21-14-15-28(29(17-21)34-2)36-20-23-10-6-9-22-8-4-5-13-27(22)23/h4-18H,3,20H2,1-2H3,(H,32,33)/b24-16-. The van der Waals surface area contributed by atoms with Crippen LogP contribution in [-0.4, -0.2) is 19.6 Å². The van der Waals surface area contributed by atoms with Crippen LogP contribution in [0.25, 0.3) is 16.8 Å². The van der Waals surface area contributed by atoms with E-state index in [4.69, 9.17) is 14.2 Å². The first-order valence-electron chi connectivity index (χ1n) is 11.5. The van der Waals surface area contributed by atoms with Crippen LogP contribution in [0, 0.1) is 11.3 Å². The molecule has 36 heavy (non-hydrogen) atoms. The summed E-state index contributed by atoms with van der Waals surface area (Å²) in [6.07, 6.45) is 1.51. The maximum Gasteiger partial charge on any atom is 0.266 e. The topological polar surface area (TPSA) is 80.6 Å². The summed E-state index contributed by atoms with van der Waals surface area (Å²) in [6.45, 7) is 2.78. The fourth-order valence-electron chi connectivity index (χ4n) is 3.81. The fraction of sp³-hybridized carbons (Fsp3) is 0.133. The number of methoxy groups -OCH3 is 1. The Morgan fingerprint density at radius 2 is 1.75 bits per heavy atom. The normalized spacial score (nSPS) is 11.0. The molecule has 180 valence electrons. The van der Waals surface area contributed by atoms with Crippen molar-refractivity contribution in [2.75, 3.05) is 19.0 Å². The zero-order chi connectivity index (χ0) is 25.3. The summed E-state index contributed by atoms with van der Waals surface area (Å²) in [6, 6.07) is 28.5. The van der Waals surface area contributed by atoms with Crippen LogP contribution in [0.5, 0.6) is 17.2 Å². The van der Waals surface area contributed by atoms with E-state index in [9.17, 15) is 10.1 Å². The molecular formula is C30H26N2O4. The van der Waals surface area contributed by atoms with Gasteiger partial charge in [0.2, 0.25) is 0 Å². The first kappa shape index (κ1) is 24.4. The molecule has 0 aromatic heterocycles. The number of amides is 1. The predicted molar refractivity (Wildman–Crippen MR) is 141 cm³/mol. The molecule has 0 saturated heterocycles. The lowest BCUT2D eigenvalue weighted by atomic mass is 10.1. The lowest BCUT2D eigenvalue weighted by Crippen LogP contribution is -2.13. The second-order valence-electron chi connectivity index (χ2n) is 7.92. The number of rotatable bonds is 9. The largest absolute Gasteiger partial charge is 0.494 e. The second kappa shape index (κ2) is 11.6. The lowest BCUT2D eigenvalue weighted by Gasteiger charge is -2.13. The van der Waals surface area contributed by atoms with Gasteiger partial charge >= 0.3 is 0 Å². The second-order valence-corrected chi connectivity index (χ2v) is 7.92. The summed E-state index contributed by atoms with van der Waals surface area (Å²) in [7, 11) is 1.55. The van der Waals surface area contributed by atoms with Crippen LogP contribution in [0.3, 0.4) is 0 Å². The van der Waals surface area contributed by atoms with Crippen LogP contribution in [-0.2, 0) is 11.4 Å². The van der Waals surface area contributed by atoms with Gasteiger partial charge in [-0.25, -0.2) is 0 Å². The van der Waals surface area contributed by atoms with Crippen LogP contribution in [0.4, 0.5) is 5.69 Å². The average Bonchev–Trinajstić information content (AvgIpc) is 2.91. The summed E-state index contributed by atoms with van der Waals surface area (Å²) in [5.74, 6) is 1.20. The molecule has 0 aliphatic rings. The number of carbonyl (C=O) groups excluding carboxylic acids is 1. The molecule has 0 radical (unpaired) electrons. The molecule has 6 nitrogen and oxygen atoms in total. The number of fused-ring (bicyclic) bond motifs is 1. The number of hydrogen-bond acceptors (Lipinski definition) is 5. The summed E-state index contributed by atoms with van der Waals surface area (Å²) in [5, 5.41) is 14.6. The van der Waals surface area contributed by atoms with E-state index in [1.54, 1.807) is 49.6 Å². The van der Waals surface area contributed by atoms with Crippen LogP contribution in [0.2, 0.25) is 0 Å². The molecule has 0 bridgehead atoms. The highest BCUT2D eigenvalue weighted by molar-refractivity contribution is 6.09. The third-order valence-electron chi connectivity index (χ3n) is 5.53. The van der Waals surface area contributed by atoms with E-state index >= 15 is 0 Å². The third kappa shape index (κ3) is 5.83. The highest BCUT2D eigenvalue weighted by atomic mass is 16.5. The Labute approximate surface area is 210 Å². The average molecular weight is 479 g/mol. The van der Waals surface area contributed by atoms with E-state index in [2.05, 4.69) is 23.5 Å². The van der Waals surface area contributed by atoms with Crippen molar-refractivity contribution in [2.45, 2.75) is 13.5 Å². The quantitative estimate of drug-likeness (QED) is 0.223. The summed E-state index contributed by atoms with van der Waals surface area (Å²) in [4.78, 5) is 12.7. The number of nitrogens with zero attached hydrogens (tertiary/aromatic N) is 1. The van der Waals surface area contributed by atoms with Crippen LogP contribution in [0.15, 0.2) is 90.5 Å². The van der Waals surface area contributed by atoms with Crippen LogP contribution >= 0.6 is 0 Å². The van der Waals surface area contributed by atoms with E-state index in [0.717, 1.165) is 16.3 Å². The molecule has 0 aliphatic heterocycles. The molecule has 0 unspecified atom stereocenters. The Morgan fingerprint density at radius 1 is 0.944 bits per heavy atom. The first-order chi connectivity index (χ1) is 17.6. The van der Waals surface area contributed by atoms with Gasteiger partial charge in [0, 0.05) is 11.8 Å². The van der Waals surface area contributed by atoms with E-state index in [1.807, 2.05) is 37.3 Å². The van der Waals surface area contributed by atoms with Gasteiger partial charge in [-0.3, -0.25) is 4.79 Å². The predicted octanol–water partition coefficient (Wildman–Crippen LogP) is 6.37. The Bertz CT molecular complexity index is 1450. The summed E-state index contributed by atoms with van der Waals surface area (Å²) < 4.78 is 17.0. The van der Waals surface area contributed by atoms with Crippen molar-refractivity contribution >= 4 is 28.4 Å². The Balaban J connectivity index is 1.50. The van der Waals surface area contributed by atoms with Gasteiger partial charge in [-0.05, 0) is 59.2 Å². The summed E-state index contributed by atoms with van der Waals surface area (Å²) in [5.41, 5.74) is 2.21. The third-order valence-corrected chi connectivity index (χ3v) is 5.53. The zero-order valence-electron chi connectivity index (χ0n) is 20.2. The molecule has 0 heterocycles. The number of ether oxygens (including phenoxy) is 3. The Morgan fingerprint density at radius 3 is 2.56 bits per heavy atom. The summed E-state index contributed by atoms with van der Waals surface area (Å²) >= 11 is 0. The van der Waals surface area contributed by atoms with Crippen LogP contribution < -0.4 is 19.5 Å². The van der Waals surface area contributed by atoms with Crippen molar-refractivity contribution in [3.05, 3.63) is 102 Å². The maximum absolute atomic E-state index is 12.7. The number of carbonyl (C=O) groups is 1. The minimum Gasteiger partial charge on any atom is -0.494 e. The maximum atomic E-state index is 12.7. The molecule has 1 N–H and O–H groups in total. The van der Waals surface area contributed by atoms with E-state index < -0.39 is 5.91 Å². The number of anilines is 1. The van der Waals surface area contributed by atoms with Gasteiger partial charge in [0.1, 0.15) is 24.0 Å². The van der Waals surface area contributed by atoms with Gasteiger partial charge in [-0.15, -0.1) is 0 Å². The SMILES string of the molecule is CCOc1cccc(NC(=O)/C(C#N)=C\c2ccc(OCc3cccc4ccccc34)c(OC)c2)c1. The van der Waals surface area contributed by atoms with Crippen molar-refractivity contribution in [3.8, 4) is 23.3 Å². The first-order valence-corrected chi connectivity index (χ1v) is 11.5. The van der Waals surface area contributed by atoms with E-state index in [0.29, 0.717) is 41.7 Å². The number of hydrogen-bond donors (Lipinski definition) is 1. The number of nitriles is 1. The molecule has 4 rings (SSSR count). The van der Waals surface area contributed by atoms with Crippen molar-refractivity contribution in [2.24, 2.45) is 0 Å². The molecule has 4 aromatic carbocycles. The van der Waals surface area contributed by atoms with E-state index in [-0.39, 0.29) is 5.57 Å². The van der Waals surface area contributed by atoms with Crippen molar-refractivity contribution in [3.63, 3.8) is 0 Å². The minimum absolute atomic E-state index is 0.0386. The van der Waals surface area contributed by atoms with Gasteiger partial charge < -0.3 is 19.5 Å². The van der Waals surface area contributed by atoms with Crippen molar-refractivity contribution in [1.82, 2.24) is 0 Å². The smallest absolute Gasteiger partial charge is 0.266 e. The fourth-order valence-corrected chi connectivity index (χ4v) is 3.81. The molecule has 0 saturated carbocycles. The highest BCUT2D eigenvalue weighted by Crippen LogP contribution is 2.30. The van der Waals surface area contributed by atoms with Gasteiger partial charge in [0.15, 0.2) is 11.5 Å². The number of nitrogens with one attached hydrogen (secondary N) is 1. The molecule has 0 aliphatic carbocycles. The molecule has 6 heteroatoms. The minimum atomic E-state index is -0.513. The highest BCUT2D eigenvalue weighted by Gasteiger charge is 2.12. The molecule has 0 atom stereocenters. The molecule has 1 amide bonds. The molecule has 0 fully saturated rings. The van der Waals surface area contributed by atoms with E-state index in [1.165, 1.54) is 6.08 Å². The molecule has 0 spiro atoms. The van der Waals surface area contributed by atoms with Gasteiger partial charge in [0.25, 0.3) is 5.91 Å². The van der Waals surface area contributed by atoms with Gasteiger partial charge in [0.05, 0.1) is 13.7 Å². The monoisotopic (exact) mass is 478 g/mol.